The summed E-state index contributed by atoms with van der Waals surface area (Å²) in [6.45, 7) is 1.82. The Balaban J connectivity index is 2.22. The number of anilines is 1. The van der Waals surface area contributed by atoms with E-state index in [1.165, 1.54) is 0 Å². The Labute approximate surface area is 114 Å². The Bertz CT molecular complexity index is 598. The Morgan fingerprint density at radius 3 is 2.60 bits per heavy atom. The third kappa shape index (κ3) is 2.45. The van der Waals surface area contributed by atoms with Gasteiger partial charge in [-0.3, -0.25) is 14.4 Å². The molecule has 0 radical (unpaired) electrons. The lowest BCUT2D eigenvalue weighted by Gasteiger charge is -2.16. The highest BCUT2D eigenvalue weighted by Crippen LogP contribution is 2.32. The average molecular weight is 281 g/mol. The van der Waals surface area contributed by atoms with Crippen molar-refractivity contribution in [2.45, 2.75) is 26.2 Å². The summed E-state index contributed by atoms with van der Waals surface area (Å²) in [5.74, 6) is -3.70. The number of nitrogens with zero attached hydrogens (tertiary/aromatic N) is 1. The van der Waals surface area contributed by atoms with Gasteiger partial charge in [-0.25, -0.2) is 8.78 Å². The fourth-order valence-electron chi connectivity index (χ4n) is 2.17. The summed E-state index contributed by atoms with van der Waals surface area (Å²) in [5, 5.41) is 0. The molecule has 0 aromatic heterocycles. The summed E-state index contributed by atoms with van der Waals surface area (Å²) < 4.78 is 26.8. The number of hydrogen-bond acceptors (Lipinski definition) is 3. The molecule has 0 saturated carbocycles. The molecule has 4 nitrogen and oxygen atoms in total. The molecule has 0 aliphatic carbocycles. The Morgan fingerprint density at radius 1 is 1.25 bits per heavy atom. The van der Waals surface area contributed by atoms with Crippen molar-refractivity contribution in [2.75, 3.05) is 11.4 Å². The molecule has 1 aromatic carbocycles. The number of ketones is 2. The minimum Gasteiger partial charge on any atom is -0.305 e. The van der Waals surface area contributed by atoms with E-state index in [1.807, 2.05) is 0 Å². The number of halogens is 2. The van der Waals surface area contributed by atoms with Gasteiger partial charge < -0.3 is 4.90 Å². The molecule has 0 N–H and O–H groups in total. The standard InChI is InChI=1S/C14H13F2NO3/c1-2-9(18)4-3-5-17-11-7-8(15)6-10(16)12(11)13(19)14(17)20/h6-7H,2-5H2,1H3. The minimum atomic E-state index is -1.04. The van der Waals surface area contributed by atoms with Crippen molar-refractivity contribution < 1.29 is 23.2 Å². The maximum absolute atomic E-state index is 13.6. The Morgan fingerprint density at radius 2 is 1.95 bits per heavy atom. The second kappa shape index (κ2) is 5.48. The molecule has 1 amide bonds. The highest BCUT2D eigenvalue weighted by molar-refractivity contribution is 6.52. The van der Waals surface area contributed by atoms with Crippen LogP contribution in [0.5, 0.6) is 0 Å². The molecule has 6 heteroatoms. The number of Topliss-reactive ketones (excluding diaryl/α,β-unsaturated/α-hetero) is 2. The van der Waals surface area contributed by atoms with Crippen LogP contribution in [0.25, 0.3) is 0 Å². The van der Waals surface area contributed by atoms with E-state index in [-0.39, 0.29) is 24.4 Å². The molecule has 1 aliphatic heterocycles. The zero-order chi connectivity index (χ0) is 14.9. The molecular weight excluding hydrogens is 268 g/mol. The minimum absolute atomic E-state index is 0.0358. The Kier molecular flexibility index (Phi) is 3.92. The van der Waals surface area contributed by atoms with E-state index in [4.69, 9.17) is 0 Å². The number of fused-ring (bicyclic) bond motifs is 1. The molecule has 0 unspecified atom stereocenters. The highest BCUT2D eigenvalue weighted by atomic mass is 19.1. The van der Waals surface area contributed by atoms with Crippen LogP contribution >= 0.6 is 0 Å². The third-order valence-electron chi connectivity index (χ3n) is 3.22. The van der Waals surface area contributed by atoms with Crippen molar-refractivity contribution >= 4 is 23.2 Å². The van der Waals surface area contributed by atoms with Crippen LogP contribution < -0.4 is 4.90 Å². The fraction of sp³-hybridized carbons (Fsp3) is 0.357. The number of amides is 1. The monoisotopic (exact) mass is 281 g/mol. The first-order chi connectivity index (χ1) is 9.45. The van der Waals surface area contributed by atoms with Crippen LogP contribution in [0.15, 0.2) is 12.1 Å². The van der Waals surface area contributed by atoms with Crippen LogP contribution in [0.1, 0.15) is 36.5 Å². The quantitative estimate of drug-likeness (QED) is 0.778. The molecule has 106 valence electrons. The number of benzene rings is 1. The van der Waals surface area contributed by atoms with Gasteiger partial charge >= 0.3 is 0 Å². The molecule has 20 heavy (non-hydrogen) atoms. The molecule has 0 spiro atoms. The first kappa shape index (κ1) is 14.3. The summed E-state index contributed by atoms with van der Waals surface area (Å²) in [7, 11) is 0. The van der Waals surface area contributed by atoms with Gasteiger partial charge in [0.1, 0.15) is 17.4 Å². The van der Waals surface area contributed by atoms with Crippen molar-refractivity contribution in [3.63, 3.8) is 0 Å². The lowest BCUT2D eigenvalue weighted by Crippen LogP contribution is -2.31. The van der Waals surface area contributed by atoms with Gasteiger partial charge in [0.05, 0.1) is 11.3 Å². The van der Waals surface area contributed by atoms with Crippen molar-refractivity contribution in [1.82, 2.24) is 0 Å². The topological polar surface area (TPSA) is 54.5 Å². The normalized spacial score (nSPS) is 13.8. The van der Waals surface area contributed by atoms with Crippen LogP contribution in [0, 0.1) is 11.6 Å². The van der Waals surface area contributed by atoms with Gasteiger partial charge in [-0.05, 0) is 12.5 Å². The lowest BCUT2D eigenvalue weighted by molar-refractivity contribution is -0.119. The zero-order valence-electron chi connectivity index (χ0n) is 10.9. The van der Waals surface area contributed by atoms with Gasteiger partial charge in [-0.15, -0.1) is 0 Å². The smallest absolute Gasteiger partial charge is 0.299 e. The molecule has 1 heterocycles. The predicted molar refractivity (Wildman–Crippen MR) is 67.6 cm³/mol. The van der Waals surface area contributed by atoms with Crippen LogP contribution in [0.4, 0.5) is 14.5 Å². The maximum Gasteiger partial charge on any atom is 0.299 e. The summed E-state index contributed by atoms with van der Waals surface area (Å²) in [6.07, 6.45) is 1.01. The SMILES string of the molecule is CCC(=O)CCCN1C(=O)C(=O)c2c(F)cc(F)cc21. The number of hydrogen-bond donors (Lipinski definition) is 0. The van der Waals surface area contributed by atoms with E-state index in [0.717, 1.165) is 11.0 Å². The molecule has 2 rings (SSSR count). The predicted octanol–water partition coefficient (Wildman–Crippen LogP) is 2.25. The Hall–Kier alpha value is -2.11. The number of rotatable bonds is 5. The highest BCUT2D eigenvalue weighted by Gasteiger charge is 2.38. The van der Waals surface area contributed by atoms with Gasteiger partial charge in [0.15, 0.2) is 0 Å². The molecule has 0 bridgehead atoms. The number of carbonyl (C=O) groups excluding carboxylic acids is 3. The molecule has 0 fully saturated rings. The van der Waals surface area contributed by atoms with E-state index in [9.17, 15) is 23.2 Å². The second-order valence-electron chi connectivity index (χ2n) is 4.56. The number of carbonyl (C=O) groups is 3. The van der Waals surface area contributed by atoms with Crippen LogP contribution in [-0.4, -0.2) is 24.0 Å². The van der Waals surface area contributed by atoms with Gasteiger partial charge in [0.2, 0.25) is 0 Å². The molecular formula is C14H13F2NO3. The van der Waals surface area contributed by atoms with E-state index in [2.05, 4.69) is 0 Å². The van der Waals surface area contributed by atoms with Gasteiger partial charge in [-0.2, -0.15) is 0 Å². The van der Waals surface area contributed by atoms with Crippen molar-refractivity contribution in [3.05, 3.63) is 29.3 Å². The van der Waals surface area contributed by atoms with Crippen molar-refractivity contribution in [3.8, 4) is 0 Å². The van der Waals surface area contributed by atoms with Crippen molar-refractivity contribution in [2.24, 2.45) is 0 Å². The molecule has 0 atom stereocenters. The molecule has 1 aromatic rings. The molecule has 0 saturated heterocycles. The lowest BCUT2D eigenvalue weighted by atomic mass is 10.1. The zero-order valence-corrected chi connectivity index (χ0v) is 10.9. The summed E-state index contributed by atoms with van der Waals surface area (Å²) in [5.41, 5.74) is -0.445. The summed E-state index contributed by atoms with van der Waals surface area (Å²) in [6, 6.07) is 1.54. The first-order valence-electron chi connectivity index (χ1n) is 6.32. The van der Waals surface area contributed by atoms with Crippen LogP contribution in [0.2, 0.25) is 0 Å². The van der Waals surface area contributed by atoms with Gasteiger partial charge in [-0.1, -0.05) is 6.92 Å². The average Bonchev–Trinajstić information content (AvgIpc) is 2.63. The van der Waals surface area contributed by atoms with Crippen LogP contribution in [-0.2, 0) is 9.59 Å². The second-order valence-corrected chi connectivity index (χ2v) is 4.56. The van der Waals surface area contributed by atoms with E-state index < -0.39 is 28.9 Å². The van der Waals surface area contributed by atoms with E-state index in [1.54, 1.807) is 6.92 Å². The van der Waals surface area contributed by atoms with Crippen molar-refractivity contribution in [1.29, 1.82) is 0 Å². The first-order valence-corrected chi connectivity index (χ1v) is 6.32. The fourth-order valence-corrected chi connectivity index (χ4v) is 2.17. The van der Waals surface area contributed by atoms with Gasteiger partial charge in [0, 0.05) is 25.5 Å². The van der Waals surface area contributed by atoms with Crippen LogP contribution in [0.3, 0.4) is 0 Å². The largest absolute Gasteiger partial charge is 0.305 e. The summed E-state index contributed by atoms with van der Waals surface area (Å²) >= 11 is 0. The van der Waals surface area contributed by atoms with E-state index >= 15 is 0 Å². The van der Waals surface area contributed by atoms with Gasteiger partial charge in [0.25, 0.3) is 11.7 Å². The van der Waals surface area contributed by atoms with E-state index in [0.29, 0.717) is 18.9 Å². The summed E-state index contributed by atoms with van der Waals surface area (Å²) in [4.78, 5) is 35.7. The maximum atomic E-state index is 13.6. The molecule has 1 aliphatic rings. The third-order valence-corrected chi connectivity index (χ3v) is 3.22.